The summed E-state index contributed by atoms with van der Waals surface area (Å²) in [6, 6.07) is 9.89. The highest BCUT2D eigenvalue weighted by Gasteiger charge is 2.16. The number of benzene rings is 1. The zero-order chi connectivity index (χ0) is 16.1. The number of piperidine rings is 1. The molecule has 1 amide bonds. The molecule has 4 nitrogen and oxygen atoms in total. The zero-order valence-electron chi connectivity index (χ0n) is 12.9. The van der Waals surface area contributed by atoms with Gasteiger partial charge in [-0.25, -0.2) is 4.39 Å². The van der Waals surface area contributed by atoms with E-state index in [9.17, 15) is 9.18 Å². The van der Waals surface area contributed by atoms with E-state index in [1.165, 1.54) is 18.7 Å². The number of carbonyl (C=O) groups is 1. The molecule has 0 radical (unpaired) electrons. The third-order valence-corrected chi connectivity index (χ3v) is 3.96. The van der Waals surface area contributed by atoms with Gasteiger partial charge in [0.1, 0.15) is 11.6 Å². The first-order valence-electron chi connectivity index (χ1n) is 7.85. The summed E-state index contributed by atoms with van der Waals surface area (Å²) in [4.78, 5) is 18.1. The van der Waals surface area contributed by atoms with E-state index in [1.807, 2.05) is 4.90 Å². The van der Waals surface area contributed by atoms with Crippen molar-refractivity contribution >= 4 is 5.91 Å². The van der Waals surface area contributed by atoms with Crippen molar-refractivity contribution in [2.45, 2.75) is 19.3 Å². The fraction of sp³-hybridized carbons (Fsp3) is 0.333. The van der Waals surface area contributed by atoms with Crippen LogP contribution in [0.3, 0.4) is 0 Å². The molecule has 0 atom stereocenters. The van der Waals surface area contributed by atoms with E-state index in [-0.39, 0.29) is 18.3 Å². The van der Waals surface area contributed by atoms with Crippen LogP contribution < -0.4 is 4.74 Å². The molecule has 1 aliphatic heterocycles. The largest absolute Gasteiger partial charge is 0.482 e. The fourth-order valence-electron chi connectivity index (χ4n) is 2.67. The molecule has 1 aliphatic rings. The van der Waals surface area contributed by atoms with Crippen LogP contribution in [0.1, 0.15) is 19.3 Å². The SMILES string of the molecule is O=C(COc1ccc(-c2ccccc2F)nc1)N1CCCCC1. The van der Waals surface area contributed by atoms with Crippen LogP contribution in [0.25, 0.3) is 11.3 Å². The lowest BCUT2D eigenvalue weighted by atomic mass is 10.1. The average molecular weight is 314 g/mol. The molecule has 23 heavy (non-hydrogen) atoms. The standard InChI is InChI=1S/C18H19FN2O2/c19-16-7-3-2-6-15(16)17-9-8-14(12-20-17)23-13-18(22)21-10-4-1-5-11-21/h2-3,6-9,12H,1,4-5,10-11,13H2. The van der Waals surface area contributed by atoms with Crippen molar-refractivity contribution in [3.63, 3.8) is 0 Å². The molecular formula is C18H19FN2O2. The first kappa shape index (κ1) is 15.5. The van der Waals surface area contributed by atoms with Crippen LogP contribution in [0.5, 0.6) is 5.75 Å². The van der Waals surface area contributed by atoms with Gasteiger partial charge in [0, 0.05) is 18.7 Å². The molecule has 1 aromatic carbocycles. The molecule has 2 aromatic rings. The summed E-state index contributed by atoms with van der Waals surface area (Å²) in [5.74, 6) is 0.201. The van der Waals surface area contributed by atoms with E-state index in [1.54, 1.807) is 30.3 Å². The minimum Gasteiger partial charge on any atom is -0.482 e. The summed E-state index contributed by atoms with van der Waals surface area (Å²) in [5, 5.41) is 0. The molecule has 0 bridgehead atoms. The van der Waals surface area contributed by atoms with E-state index in [0.717, 1.165) is 25.9 Å². The third-order valence-electron chi connectivity index (χ3n) is 3.96. The first-order valence-corrected chi connectivity index (χ1v) is 7.85. The number of aromatic nitrogens is 1. The molecule has 2 heterocycles. The Morgan fingerprint density at radius 3 is 2.61 bits per heavy atom. The summed E-state index contributed by atoms with van der Waals surface area (Å²) in [7, 11) is 0. The Morgan fingerprint density at radius 2 is 1.91 bits per heavy atom. The van der Waals surface area contributed by atoms with Gasteiger partial charge in [0.2, 0.25) is 0 Å². The lowest BCUT2D eigenvalue weighted by molar-refractivity contribution is -0.134. The molecule has 0 unspecified atom stereocenters. The second-order valence-corrected chi connectivity index (χ2v) is 5.59. The van der Waals surface area contributed by atoms with Gasteiger partial charge in [-0.1, -0.05) is 12.1 Å². The Kier molecular flexibility index (Phi) is 4.86. The van der Waals surface area contributed by atoms with Gasteiger partial charge >= 0.3 is 0 Å². The molecular weight excluding hydrogens is 295 g/mol. The third kappa shape index (κ3) is 3.86. The van der Waals surface area contributed by atoms with Gasteiger partial charge in [-0.05, 0) is 43.5 Å². The van der Waals surface area contributed by atoms with E-state index < -0.39 is 0 Å². The predicted molar refractivity (Wildman–Crippen MR) is 85.6 cm³/mol. The first-order chi connectivity index (χ1) is 11.2. The van der Waals surface area contributed by atoms with Crippen molar-refractivity contribution in [3.8, 4) is 17.0 Å². The lowest BCUT2D eigenvalue weighted by Crippen LogP contribution is -2.38. The monoisotopic (exact) mass is 314 g/mol. The number of rotatable bonds is 4. The molecule has 120 valence electrons. The number of hydrogen-bond donors (Lipinski definition) is 0. The molecule has 0 aliphatic carbocycles. The molecule has 1 aromatic heterocycles. The van der Waals surface area contributed by atoms with Gasteiger partial charge in [-0.3, -0.25) is 9.78 Å². The molecule has 5 heteroatoms. The quantitative estimate of drug-likeness (QED) is 0.870. The Labute approximate surface area is 134 Å². The van der Waals surface area contributed by atoms with Gasteiger partial charge in [0.15, 0.2) is 6.61 Å². The van der Waals surface area contributed by atoms with Crippen molar-refractivity contribution in [1.82, 2.24) is 9.88 Å². The fourth-order valence-corrected chi connectivity index (χ4v) is 2.67. The highest BCUT2D eigenvalue weighted by Crippen LogP contribution is 2.22. The van der Waals surface area contributed by atoms with Crippen molar-refractivity contribution in [1.29, 1.82) is 0 Å². The summed E-state index contributed by atoms with van der Waals surface area (Å²) in [6.07, 6.45) is 4.83. The van der Waals surface area contributed by atoms with Crippen molar-refractivity contribution < 1.29 is 13.9 Å². The number of halogens is 1. The number of nitrogens with zero attached hydrogens (tertiary/aromatic N) is 2. The molecule has 1 fully saturated rings. The van der Waals surface area contributed by atoms with Crippen molar-refractivity contribution in [2.75, 3.05) is 19.7 Å². The van der Waals surface area contributed by atoms with E-state index in [4.69, 9.17) is 4.74 Å². The minimum absolute atomic E-state index is 0.00267. The zero-order valence-corrected chi connectivity index (χ0v) is 12.9. The van der Waals surface area contributed by atoms with Gasteiger partial charge in [-0.2, -0.15) is 0 Å². The van der Waals surface area contributed by atoms with Crippen LogP contribution in [-0.4, -0.2) is 35.5 Å². The number of pyridine rings is 1. The number of ether oxygens (including phenoxy) is 1. The Bertz CT molecular complexity index is 667. The topological polar surface area (TPSA) is 42.4 Å². The van der Waals surface area contributed by atoms with Crippen LogP contribution >= 0.6 is 0 Å². The van der Waals surface area contributed by atoms with Crippen LogP contribution in [0.4, 0.5) is 4.39 Å². The smallest absolute Gasteiger partial charge is 0.260 e. The Hall–Kier alpha value is -2.43. The maximum atomic E-state index is 13.7. The number of amides is 1. The molecule has 3 rings (SSSR count). The molecule has 0 spiro atoms. The number of carbonyl (C=O) groups excluding carboxylic acids is 1. The lowest BCUT2D eigenvalue weighted by Gasteiger charge is -2.26. The maximum absolute atomic E-state index is 13.7. The average Bonchev–Trinajstić information content (AvgIpc) is 2.61. The van der Waals surface area contributed by atoms with Crippen LogP contribution in [0.15, 0.2) is 42.6 Å². The van der Waals surface area contributed by atoms with Crippen LogP contribution in [-0.2, 0) is 4.79 Å². The number of hydrogen-bond acceptors (Lipinski definition) is 3. The van der Waals surface area contributed by atoms with Crippen LogP contribution in [0, 0.1) is 5.82 Å². The van der Waals surface area contributed by atoms with Crippen LogP contribution in [0.2, 0.25) is 0 Å². The van der Waals surface area contributed by atoms with E-state index in [0.29, 0.717) is 17.0 Å². The number of likely N-dealkylation sites (tertiary alicyclic amines) is 1. The summed E-state index contributed by atoms with van der Waals surface area (Å²) >= 11 is 0. The highest BCUT2D eigenvalue weighted by atomic mass is 19.1. The van der Waals surface area contributed by atoms with Gasteiger partial charge in [-0.15, -0.1) is 0 Å². The van der Waals surface area contributed by atoms with Crippen molar-refractivity contribution in [2.24, 2.45) is 0 Å². The highest BCUT2D eigenvalue weighted by molar-refractivity contribution is 5.77. The predicted octanol–water partition coefficient (Wildman–Crippen LogP) is 3.28. The van der Waals surface area contributed by atoms with E-state index >= 15 is 0 Å². The molecule has 0 N–H and O–H groups in total. The normalized spacial score (nSPS) is 14.6. The molecule has 1 saturated heterocycles. The summed E-state index contributed by atoms with van der Waals surface area (Å²) in [5.41, 5.74) is 0.987. The minimum atomic E-state index is -0.311. The Balaban J connectivity index is 1.59. The Morgan fingerprint density at radius 1 is 1.13 bits per heavy atom. The summed E-state index contributed by atoms with van der Waals surface area (Å²) < 4.78 is 19.2. The van der Waals surface area contributed by atoms with Gasteiger partial charge in [0.25, 0.3) is 5.91 Å². The van der Waals surface area contributed by atoms with Gasteiger partial charge in [0.05, 0.1) is 11.9 Å². The summed E-state index contributed by atoms with van der Waals surface area (Å²) in [6.45, 7) is 1.64. The second-order valence-electron chi connectivity index (χ2n) is 5.59. The van der Waals surface area contributed by atoms with Gasteiger partial charge < -0.3 is 9.64 Å². The maximum Gasteiger partial charge on any atom is 0.260 e. The molecule has 0 saturated carbocycles. The van der Waals surface area contributed by atoms with Crippen molar-refractivity contribution in [3.05, 3.63) is 48.4 Å². The van der Waals surface area contributed by atoms with E-state index in [2.05, 4.69) is 4.98 Å². The second kappa shape index (κ2) is 7.22.